The molecule has 1 aromatic rings. The molecule has 0 saturated carbocycles. The first-order valence-corrected chi connectivity index (χ1v) is 6.49. The highest BCUT2D eigenvalue weighted by Crippen LogP contribution is 2.21. The largest absolute Gasteiger partial charge is 0.270 e. The second kappa shape index (κ2) is 4.80. The average Bonchev–Trinajstić information content (AvgIpc) is 2.15. The number of hydrogen-bond donors (Lipinski definition) is 1. The summed E-state index contributed by atoms with van der Waals surface area (Å²) in [6.07, 6.45) is 0. The number of non-ortho nitro benzene ring substituents is 1. The van der Waals surface area contributed by atoms with Crippen molar-refractivity contribution in [3.05, 3.63) is 33.9 Å². The lowest BCUT2D eigenvalue weighted by Gasteiger charge is -2.11. The smallest absolute Gasteiger partial charge is 0.258 e. The summed E-state index contributed by atoms with van der Waals surface area (Å²) in [5, 5.41) is 10.6. The first-order valence-electron chi connectivity index (χ1n) is 5.01. The van der Waals surface area contributed by atoms with Gasteiger partial charge in [-0.2, -0.15) is 0 Å². The molecule has 0 heterocycles. The Morgan fingerprint density at radius 3 is 2.41 bits per heavy atom. The van der Waals surface area contributed by atoms with Crippen LogP contribution in [-0.2, 0) is 10.0 Å². The van der Waals surface area contributed by atoms with Crippen molar-refractivity contribution in [1.82, 2.24) is 4.72 Å². The number of aryl methyl sites for hydroxylation is 1. The Hall–Kier alpha value is -1.47. The van der Waals surface area contributed by atoms with E-state index in [0.717, 1.165) is 6.07 Å². The van der Waals surface area contributed by atoms with Crippen LogP contribution in [0.3, 0.4) is 0 Å². The third-order valence-corrected chi connectivity index (χ3v) is 3.86. The van der Waals surface area contributed by atoms with Gasteiger partial charge in [-0.1, -0.05) is 6.07 Å². The molecular weight excluding hydrogens is 244 g/mol. The van der Waals surface area contributed by atoms with E-state index in [0.29, 0.717) is 5.56 Å². The number of nitro groups is 1. The Morgan fingerprint density at radius 2 is 1.94 bits per heavy atom. The van der Waals surface area contributed by atoms with Crippen molar-refractivity contribution in [2.24, 2.45) is 0 Å². The minimum Gasteiger partial charge on any atom is -0.258 e. The molecule has 17 heavy (non-hydrogen) atoms. The monoisotopic (exact) mass is 258 g/mol. The average molecular weight is 258 g/mol. The molecule has 1 aromatic carbocycles. The molecule has 0 bridgehead atoms. The molecule has 0 spiro atoms. The lowest BCUT2D eigenvalue weighted by molar-refractivity contribution is -0.385. The molecule has 6 nitrogen and oxygen atoms in total. The van der Waals surface area contributed by atoms with Gasteiger partial charge in [-0.15, -0.1) is 0 Å². The zero-order valence-corrected chi connectivity index (χ0v) is 10.6. The van der Waals surface area contributed by atoms with Gasteiger partial charge in [0.2, 0.25) is 10.0 Å². The second-order valence-electron chi connectivity index (χ2n) is 3.98. The summed E-state index contributed by atoms with van der Waals surface area (Å²) in [7, 11) is -3.70. The minimum absolute atomic E-state index is 0.0552. The fourth-order valence-electron chi connectivity index (χ4n) is 1.37. The third-order valence-electron chi connectivity index (χ3n) is 2.06. The number of nitrogens with zero attached hydrogens (tertiary/aromatic N) is 1. The number of benzene rings is 1. The summed E-state index contributed by atoms with van der Waals surface area (Å²) in [4.78, 5) is 9.93. The topological polar surface area (TPSA) is 89.3 Å². The van der Waals surface area contributed by atoms with Gasteiger partial charge in [0.15, 0.2) is 0 Å². The molecule has 7 heteroatoms. The van der Waals surface area contributed by atoms with Crippen molar-refractivity contribution >= 4 is 15.7 Å². The molecule has 0 saturated heterocycles. The van der Waals surface area contributed by atoms with Crippen LogP contribution in [0.2, 0.25) is 0 Å². The Labute approximate surface area is 99.9 Å². The first-order chi connectivity index (χ1) is 7.74. The Balaban J connectivity index is 3.30. The van der Waals surface area contributed by atoms with Crippen LogP contribution in [0.25, 0.3) is 0 Å². The zero-order chi connectivity index (χ0) is 13.2. The molecule has 1 rings (SSSR count). The van der Waals surface area contributed by atoms with Crippen molar-refractivity contribution in [1.29, 1.82) is 0 Å². The molecule has 0 aromatic heterocycles. The summed E-state index contributed by atoms with van der Waals surface area (Å²) >= 11 is 0. The van der Waals surface area contributed by atoms with Crippen LogP contribution in [-0.4, -0.2) is 19.4 Å². The van der Waals surface area contributed by atoms with Crippen molar-refractivity contribution < 1.29 is 13.3 Å². The molecule has 0 fully saturated rings. The van der Waals surface area contributed by atoms with E-state index in [1.54, 1.807) is 20.8 Å². The third kappa shape index (κ3) is 3.24. The molecule has 0 amide bonds. The first kappa shape index (κ1) is 13.6. The van der Waals surface area contributed by atoms with Crippen LogP contribution >= 0.6 is 0 Å². The predicted molar refractivity (Wildman–Crippen MR) is 63.3 cm³/mol. The highest BCUT2D eigenvalue weighted by atomic mass is 32.2. The summed E-state index contributed by atoms with van der Waals surface area (Å²) in [6.45, 7) is 4.97. The van der Waals surface area contributed by atoms with Crippen molar-refractivity contribution in [2.75, 3.05) is 0 Å². The maximum atomic E-state index is 11.9. The molecule has 0 aliphatic heterocycles. The van der Waals surface area contributed by atoms with Gasteiger partial charge in [-0.25, -0.2) is 13.1 Å². The zero-order valence-electron chi connectivity index (χ0n) is 9.80. The van der Waals surface area contributed by atoms with Crippen molar-refractivity contribution in [3.63, 3.8) is 0 Å². The van der Waals surface area contributed by atoms with Gasteiger partial charge in [0.05, 0.1) is 9.82 Å². The van der Waals surface area contributed by atoms with Gasteiger partial charge in [-0.05, 0) is 26.3 Å². The number of nitrogens with one attached hydrogen (secondary N) is 1. The second-order valence-corrected chi connectivity index (χ2v) is 5.67. The number of hydrogen-bond acceptors (Lipinski definition) is 4. The van der Waals surface area contributed by atoms with E-state index < -0.39 is 14.9 Å². The number of sulfonamides is 1. The van der Waals surface area contributed by atoms with Crippen molar-refractivity contribution in [3.8, 4) is 0 Å². The van der Waals surface area contributed by atoms with Crippen LogP contribution in [0, 0.1) is 17.0 Å². The number of nitro benzene ring substituents is 1. The van der Waals surface area contributed by atoms with Gasteiger partial charge >= 0.3 is 0 Å². The summed E-state index contributed by atoms with van der Waals surface area (Å²) in [6, 6.07) is 3.51. The molecule has 0 aliphatic carbocycles. The fourth-order valence-corrected chi connectivity index (χ4v) is 2.88. The molecule has 0 atom stereocenters. The lowest BCUT2D eigenvalue weighted by atomic mass is 10.2. The van der Waals surface area contributed by atoms with E-state index in [4.69, 9.17) is 0 Å². The van der Waals surface area contributed by atoms with Gasteiger partial charge < -0.3 is 0 Å². The maximum Gasteiger partial charge on any atom is 0.270 e. The molecule has 94 valence electrons. The van der Waals surface area contributed by atoms with Crippen molar-refractivity contribution in [2.45, 2.75) is 31.7 Å². The Bertz CT molecular complexity index is 537. The maximum absolute atomic E-state index is 11.9. The van der Waals surface area contributed by atoms with Crippen LogP contribution in [0.15, 0.2) is 23.1 Å². The van der Waals surface area contributed by atoms with Crippen LogP contribution in [0.1, 0.15) is 19.4 Å². The molecule has 0 unspecified atom stereocenters. The van der Waals surface area contributed by atoms with E-state index in [-0.39, 0.29) is 16.6 Å². The molecular formula is C10H14N2O4S. The summed E-state index contributed by atoms with van der Waals surface area (Å²) in [5.74, 6) is 0. The highest BCUT2D eigenvalue weighted by molar-refractivity contribution is 7.89. The normalized spacial score (nSPS) is 11.8. The van der Waals surface area contributed by atoms with Crippen LogP contribution in [0.4, 0.5) is 5.69 Å². The van der Waals surface area contributed by atoms with E-state index >= 15 is 0 Å². The highest BCUT2D eigenvalue weighted by Gasteiger charge is 2.20. The van der Waals surface area contributed by atoms with E-state index in [1.165, 1.54) is 12.1 Å². The standard InChI is InChI=1S/C10H14N2O4S/c1-7(2)11-17(15,16)10-6-9(12(13)14)5-4-8(10)3/h4-7,11H,1-3H3. The van der Waals surface area contributed by atoms with Crippen LogP contribution in [0.5, 0.6) is 0 Å². The van der Waals surface area contributed by atoms with Crippen LogP contribution < -0.4 is 4.72 Å². The van der Waals surface area contributed by atoms with E-state index in [1.807, 2.05) is 0 Å². The van der Waals surface area contributed by atoms with Gasteiger partial charge in [-0.3, -0.25) is 10.1 Å². The molecule has 0 aliphatic rings. The van der Waals surface area contributed by atoms with E-state index in [9.17, 15) is 18.5 Å². The fraction of sp³-hybridized carbons (Fsp3) is 0.400. The Morgan fingerprint density at radius 1 is 1.35 bits per heavy atom. The SMILES string of the molecule is Cc1ccc([N+](=O)[O-])cc1S(=O)(=O)NC(C)C. The minimum atomic E-state index is -3.70. The summed E-state index contributed by atoms with van der Waals surface area (Å²) < 4.78 is 26.2. The van der Waals surface area contributed by atoms with Gasteiger partial charge in [0.25, 0.3) is 5.69 Å². The predicted octanol–water partition coefficient (Wildman–Crippen LogP) is 1.59. The Kier molecular flexibility index (Phi) is 3.84. The van der Waals surface area contributed by atoms with E-state index in [2.05, 4.69) is 4.72 Å². The molecule has 0 radical (unpaired) electrons. The van der Waals surface area contributed by atoms with Gasteiger partial charge in [0.1, 0.15) is 0 Å². The lowest BCUT2D eigenvalue weighted by Crippen LogP contribution is -2.30. The van der Waals surface area contributed by atoms with Gasteiger partial charge in [0, 0.05) is 18.2 Å². The molecule has 1 N–H and O–H groups in total. The summed E-state index contributed by atoms with van der Waals surface area (Å²) in [5.41, 5.74) is 0.239. The quantitative estimate of drug-likeness (QED) is 0.656. The number of rotatable bonds is 4.